The molecule has 0 radical (unpaired) electrons. The topological polar surface area (TPSA) is 55.1 Å². The monoisotopic (exact) mass is 338 g/mol. The summed E-state index contributed by atoms with van der Waals surface area (Å²) < 4.78 is 4.84. The molecule has 0 bridgehead atoms. The van der Waals surface area contributed by atoms with Crippen LogP contribution in [-0.4, -0.2) is 11.1 Å². The zero-order valence-electron chi connectivity index (χ0n) is 13.8. The van der Waals surface area contributed by atoms with Gasteiger partial charge in [-0.15, -0.1) is 0 Å². The molecule has 5 heteroatoms. The van der Waals surface area contributed by atoms with Gasteiger partial charge in [-0.05, 0) is 44.5 Å². The van der Waals surface area contributed by atoms with Crippen molar-refractivity contribution in [3.63, 3.8) is 0 Å². The number of aromatic nitrogens is 1. The molecule has 24 heavy (non-hydrogen) atoms. The Hall–Kier alpha value is -2.53. The number of amides is 1. The maximum atomic E-state index is 12.4. The number of rotatable bonds is 4. The predicted octanol–water partition coefficient (Wildman–Crippen LogP) is 5.00. The Morgan fingerprint density at radius 3 is 2.58 bits per heavy atom. The van der Waals surface area contributed by atoms with E-state index < -0.39 is 0 Å². The van der Waals surface area contributed by atoms with E-state index in [0.29, 0.717) is 11.3 Å². The number of hydrogen-bond donors (Lipinski definition) is 1. The molecule has 1 heterocycles. The van der Waals surface area contributed by atoms with Gasteiger partial charge in [0.05, 0.1) is 11.4 Å². The maximum Gasteiger partial charge on any atom is 0.260 e. The lowest BCUT2D eigenvalue weighted by Crippen LogP contribution is -2.12. The predicted molar refractivity (Wildman–Crippen MR) is 95.7 cm³/mol. The molecule has 0 fully saturated rings. The Morgan fingerprint density at radius 2 is 1.88 bits per heavy atom. The minimum Gasteiger partial charge on any atom is -0.364 e. The largest absolute Gasteiger partial charge is 0.364 e. The summed E-state index contributed by atoms with van der Waals surface area (Å²) >= 11 is 1.64. The molecule has 0 aliphatic heterocycles. The molecule has 4 nitrogen and oxygen atoms in total. The molecule has 0 aliphatic carbocycles. The summed E-state index contributed by atoms with van der Waals surface area (Å²) in [5, 5.41) is 6.69. The van der Waals surface area contributed by atoms with Crippen LogP contribution in [0.3, 0.4) is 0 Å². The van der Waals surface area contributed by atoms with Gasteiger partial charge in [-0.1, -0.05) is 46.7 Å². The Kier molecular flexibility index (Phi) is 4.71. The molecular formula is C19H18N2O2S. The molecule has 1 amide bonds. The fourth-order valence-corrected chi connectivity index (χ4v) is 3.36. The van der Waals surface area contributed by atoms with Crippen LogP contribution in [0.2, 0.25) is 0 Å². The average Bonchev–Trinajstić information content (AvgIpc) is 2.98. The number of carbonyl (C=O) groups is 1. The van der Waals surface area contributed by atoms with Crippen molar-refractivity contribution in [3.8, 4) is 0 Å². The van der Waals surface area contributed by atoms with Crippen LogP contribution in [0.25, 0.3) is 0 Å². The molecule has 2 aromatic carbocycles. The van der Waals surface area contributed by atoms with Gasteiger partial charge in [-0.3, -0.25) is 4.79 Å². The Bertz CT molecular complexity index is 887. The summed E-state index contributed by atoms with van der Waals surface area (Å²) in [6.07, 6.45) is 1.37. The van der Waals surface area contributed by atoms with E-state index in [9.17, 15) is 4.79 Å². The standard InChI is InChI=1S/C19H18N2O2S/c1-12-8-9-17(13(2)10-12)24-18-7-5-4-6-16(18)20-19(22)15-11-23-21-14(15)3/h4-11H,1-3H3,(H,20,22). The molecule has 122 valence electrons. The highest BCUT2D eigenvalue weighted by molar-refractivity contribution is 7.99. The van der Waals surface area contributed by atoms with Crippen LogP contribution in [0, 0.1) is 20.8 Å². The first-order chi connectivity index (χ1) is 11.5. The van der Waals surface area contributed by atoms with Crippen LogP contribution >= 0.6 is 11.8 Å². The summed E-state index contributed by atoms with van der Waals surface area (Å²) in [6.45, 7) is 5.92. The number of anilines is 1. The van der Waals surface area contributed by atoms with Gasteiger partial charge in [0, 0.05) is 9.79 Å². The third-order valence-electron chi connectivity index (χ3n) is 3.68. The summed E-state index contributed by atoms with van der Waals surface area (Å²) in [5.74, 6) is -0.220. The van der Waals surface area contributed by atoms with Gasteiger partial charge in [0.15, 0.2) is 0 Å². The van der Waals surface area contributed by atoms with Gasteiger partial charge in [0.1, 0.15) is 11.8 Å². The molecule has 0 atom stereocenters. The smallest absolute Gasteiger partial charge is 0.260 e. The lowest BCUT2D eigenvalue weighted by Gasteiger charge is -2.12. The zero-order valence-corrected chi connectivity index (χ0v) is 14.6. The molecule has 0 unspecified atom stereocenters. The fourth-order valence-electron chi connectivity index (χ4n) is 2.39. The van der Waals surface area contributed by atoms with Gasteiger partial charge in [0.2, 0.25) is 0 Å². The highest BCUT2D eigenvalue weighted by atomic mass is 32.2. The molecule has 1 N–H and O–H groups in total. The quantitative estimate of drug-likeness (QED) is 0.727. The highest BCUT2D eigenvalue weighted by Gasteiger charge is 2.15. The molecule has 3 rings (SSSR count). The van der Waals surface area contributed by atoms with Crippen molar-refractivity contribution in [1.82, 2.24) is 5.16 Å². The van der Waals surface area contributed by atoms with E-state index >= 15 is 0 Å². The van der Waals surface area contributed by atoms with Crippen LogP contribution in [0.4, 0.5) is 5.69 Å². The number of carbonyl (C=O) groups excluding carboxylic acids is 1. The number of aryl methyl sites for hydroxylation is 3. The van der Waals surface area contributed by atoms with Gasteiger partial charge in [0.25, 0.3) is 5.91 Å². The molecule has 0 saturated heterocycles. The van der Waals surface area contributed by atoms with Crippen LogP contribution in [-0.2, 0) is 0 Å². The minimum absolute atomic E-state index is 0.220. The van der Waals surface area contributed by atoms with E-state index in [1.54, 1.807) is 18.7 Å². The Labute approximate surface area is 145 Å². The SMILES string of the molecule is Cc1ccc(Sc2ccccc2NC(=O)c2conc2C)c(C)c1. The van der Waals surface area contributed by atoms with E-state index in [2.05, 4.69) is 42.5 Å². The van der Waals surface area contributed by atoms with Crippen molar-refractivity contribution in [2.45, 2.75) is 30.6 Å². The van der Waals surface area contributed by atoms with Crippen molar-refractivity contribution >= 4 is 23.4 Å². The second-order valence-corrected chi connectivity index (χ2v) is 6.72. The highest BCUT2D eigenvalue weighted by Crippen LogP contribution is 2.35. The molecule has 3 aromatic rings. The van der Waals surface area contributed by atoms with Crippen LogP contribution in [0.1, 0.15) is 27.2 Å². The number of nitrogens with one attached hydrogen (secondary N) is 1. The van der Waals surface area contributed by atoms with Crippen molar-refractivity contribution in [3.05, 3.63) is 71.1 Å². The minimum atomic E-state index is -0.220. The van der Waals surface area contributed by atoms with Gasteiger partial charge >= 0.3 is 0 Å². The number of nitrogens with zero attached hydrogens (tertiary/aromatic N) is 1. The first-order valence-electron chi connectivity index (χ1n) is 7.61. The summed E-state index contributed by atoms with van der Waals surface area (Å²) in [7, 11) is 0. The molecular weight excluding hydrogens is 320 g/mol. The lowest BCUT2D eigenvalue weighted by molar-refractivity contribution is 0.102. The molecule has 0 aliphatic rings. The number of benzene rings is 2. The average molecular weight is 338 g/mol. The van der Waals surface area contributed by atoms with E-state index in [0.717, 1.165) is 10.6 Å². The second kappa shape index (κ2) is 6.93. The van der Waals surface area contributed by atoms with Gasteiger partial charge in [-0.2, -0.15) is 0 Å². The number of para-hydroxylation sites is 1. The summed E-state index contributed by atoms with van der Waals surface area (Å²) in [5.41, 5.74) is 4.25. The summed E-state index contributed by atoms with van der Waals surface area (Å²) in [4.78, 5) is 14.6. The normalized spacial score (nSPS) is 10.6. The Balaban J connectivity index is 1.85. The van der Waals surface area contributed by atoms with Crippen LogP contribution in [0.15, 0.2) is 63.0 Å². The molecule has 1 aromatic heterocycles. The first-order valence-corrected chi connectivity index (χ1v) is 8.42. The third kappa shape index (κ3) is 3.51. The molecule has 0 spiro atoms. The maximum absolute atomic E-state index is 12.4. The van der Waals surface area contributed by atoms with Gasteiger partial charge < -0.3 is 9.84 Å². The van der Waals surface area contributed by atoms with E-state index in [-0.39, 0.29) is 5.91 Å². The lowest BCUT2D eigenvalue weighted by atomic mass is 10.2. The van der Waals surface area contributed by atoms with Crippen molar-refractivity contribution in [2.24, 2.45) is 0 Å². The first kappa shape index (κ1) is 16.3. The number of hydrogen-bond acceptors (Lipinski definition) is 4. The van der Waals surface area contributed by atoms with E-state index in [4.69, 9.17) is 4.52 Å². The van der Waals surface area contributed by atoms with Crippen molar-refractivity contribution in [2.75, 3.05) is 5.32 Å². The van der Waals surface area contributed by atoms with Crippen LogP contribution in [0.5, 0.6) is 0 Å². The van der Waals surface area contributed by atoms with E-state index in [1.165, 1.54) is 22.3 Å². The van der Waals surface area contributed by atoms with Crippen LogP contribution < -0.4 is 5.32 Å². The molecule has 0 saturated carbocycles. The fraction of sp³-hybridized carbons (Fsp3) is 0.158. The third-order valence-corrected chi connectivity index (χ3v) is 4.93. The second-order valence-electron chi connectivity index (χ2n) is 5.63. The van der Waals surface area contributed by atoms with Crippen molar-refractivity contribution < 1.29 is 9.32 Å². The van der Waals surface area contributed by atoms with Crippen molar-refractivity contribution in [1.29, 1.82) is 0 Å². The zero-order chi connectivity index (χ0) is 17.1. The van der Waals surface area contributed by atoms with Gasteiger partial charge in [-0.25, -0.2) is 0 Å². The summed E-state index contributed by atoms with van der Waals surface area (Å²) in [6, 6.07) is 14.1. The van der Waals surface area contributed by atoms with E-state index in [1.807, 2.05) is 24.3 Å². The Morgan fingerprint density at radius 1 is 1.08 bits per heavy atom.